The van der Waals surface area contributed by atoms with Crippen molar-refractivity contribution in [3.63, 3.8) is 0 Å². The number of thiophene rings is 1. The minimum atomic E-state index is 0.579. The van der Waals surface area contributed by atoms with Crippen molar-refractivity contribution < 1.29 is 0 Å². The normalized spacial score (nSPS) is 18.7. The number of hydrogen-bond donors (Lipinski definition) is 0. The van der Waals surface area contributed by atoms with Gasteiger partial charge in [-0.2, -0.15) is 5.10 Å². The molecule has 1 atom stereocenters. The van der Waals surface area contributed by atoms with Crippen LogP contribution in [0.1, 0.15) is 23.3 Å². The Morgan fingerprint density at radius 3 is 3.00 bits per heavy atom. The summed E-state index contributed by atoms with van der Waals surface area (Å²) >= 11 is 1.76. The summed E-state index contributed by atoms with van der Waals surface area (Å²) < 4.78 is 1.93. The third kappa shape index (κ3) is 2.69. The molecule has 3 aromatic heterocycles. The first-order valence-corrected chi connectivity index (χ1v) is 8.82. The van der Waals surface area contributed by atoms with Crippen molar-refractivity contribution in [3.8, 4) is 0 Å². The van der Waals surface area contributed by atoms with Crippen LogP contribution in [0.2, 0.25) is 0 Å². The third-order valence-corrected chi connectivity index (χ3v) is 5.79. The molecule has 1 aliphatic rings. The predicted molar refractivity (Wildman–Crippen MR) is 91.8 cm³/mol. The molecular weight excluding hydrogens is 308 g/mol. The maximum Gasteiger partial charge on any atom is 0.141 e. The van der Waals surface area contributed by atoms with Gasteiger partial charge in [-0.1, -0.05) is 0 Å². The molecule has 120 valence electrons. The topological polar surface area (TPSA) is 59.7 Å². The average Bonchev–Trinajstić information content (AvgIpc) is 3.16. The van der Waals surface area contributed by atoms with Crippen molar-refractivity contribution in [1.82, 2.24) is 24.7 Å². The van der Waals surface area contributed by atoms with E-state index in [2.05, 4.69) is 38.8 Å². The molecule has 3 aromatic rings. The Kier molecular flexibility index (Phi) is 3.72. The number of aromatic nitrogens is 5. The van der Waals surface area contributed by atoms with Crippen molar-refractivity contribution >= 4 is 27.4 Å². The van der Waals surface area contributed by atoms with E-state index in [1.807, 2.05) is 4.68 Å². The number of anilines is 1. The van der Waals surface area contributed by atoms with Gasteiger partial charge in [-0.05, 0) is 38.2 Å². The van der Waals surface area contributed by atoms with Gasteiger partial charge >= 0.3 is 0 Å². The summed E-state index contributed by atoms with van der Waals surface area (Å²) in [7, 11) is 0. The van der Waals surface area contributed by atoms with E-state index in [1.165, 1.54) is 28.7 Å². The molecule has 0 spiro atoms. The van der Waals surface area contributed by atoms with E-state index < -0.39 is 0 Å². The minimum Gasteiger partial charge on any atom is -0.356 e. The van der Waals surface area contributed by atoms with Gasteiger partial charge in [0.15, 0.2) is 0 Å². The van der Waals surface area contributed by atoms with E-state index in [9.17, 15) is 0 Å². The van der Waals surface area contributed by atoms with Gasteiger partial charge in [0, 0.05) is 24.5 Å². The molecule has 4 heterocycles. The molecule has 1 saturated heterocycles. The SMILES string of the molecule is Cc1sc2ncnc(N3CCC[C@H](Cn4cncn4)C3)c2c1C. The van der Waals surface area contributed by atoms with Crippen molar-refractivity contribution in [2.24, 2.45) is 5.92 Å². The lowest BCUT2D eigenvalue weighted by Crippen LogP contribution is -2.37. The number of piperidine rings is 1. The van der Waals surface area contributed by atoms with Gasteiger partial charge in [0.05, 0.1) is 5.39 Å². The molecule has 1 fully saturated rings. The molecule has 23 heavy (non-hydrogen) atoms. The van der Waals surface area contributed by atoms with Crippen LogP contribution in [0.5, 0.6) is 0 Å². The lowest BCUT2D eigenvalue weighted by atomic mass is 9.97. The van der Waals surface area contributed by atoms with Crippen LogP contribution in [0.25, 0.3) is 10.2 Å². The molecular formula is C16H20N6S. The van der Waals surface area contributed by atoms with Gasteiger partial charge in [0.25, 0.3) is 0 Å². The van der Waals surface area contributed by atoms with E-state index in [4.69, 9.17) is 0 Å². The Morgan fingerprint density at radius 1 is 1.26 bits per heavy atom. The Labute approximate surface area is 139 Å². The molecule has 0 unspecified atom stereocenters. The van der Waals surface area contributed by atoms with Gasteiger partial charge in [-0.3, -0.25) is 4.68 Å². The number of nitrogens with zero attached hydrogens (tertiary/aromatic N) is 6. The van der Waals surface area contributed by atoms with Crippen molar-refractivity contribution in [3.05, 3.63) is 29.4 Å². The second-order valence-corrected chi connectivity index (χ2v) is 7.44. The van der Waals surface area contributed by atoms with Gasteiger partial charge < -0.3 is 4.90 Å². The van der Waals surface area contributed by atoms with E-state index in [1.54, 1.807) is 30.3 Å². The number of aryl methyl sites for hydroxylation is 2. The van der Waals surface area contributed by atoms with Crippen LogP contribution in [-0.4, -0.2) is 37.8 Å². The zero-order valence-electron chi connectivity index (χ0n) is 13.4. The van der Waals surface area contributed by atoms with Crippen molar-refractivity contribution in [2.75, 3.05) is 18.0 Å². The first-order valence-electron chi connectivity index (χ1n) is 8.00. The van der Waals surface area contributed by atoms with E-state index >= 15 is 0 Å². The molecule has 1 aliphatic heterocycles. The molecule has 7 heteroatoms. The summed E-state index contributed by atoms with van der Waals surface area (Å²) in [6.07, 6.45) is 7.52. The summed E-state index contributed by atoms with van der Waals surface area (Å²) in [4.78, 5) is 18.0. The number of hydrogen-bond acceptors (Lipinski definition) is 6. The van der Waals surface area contributed by atoms with Crippen LogP contribution in [0.15, 0.2) is 19.0 Å². The van der Waals surface area contributed by atoms with E-state index in [0.29, 0.717) is 5.92 Å². The highest BCUT2D eigenvalue weighted by molar-refractivity contribution is 7.18. The number of rotatable bonds is 3. The van der Waals surface area contributed by atoms with Crippen LogP contribution in [0.4, 0.5) is 5.82 Å². The second kappa shape index (κ2) is 5.88. The summed E-state index contributed by atoms with van der Waals surface area (Å²) in [6, 6.07) is 0. The zero-order chi connectivity index (χ0) is 15.8. The summed E-state index contributed by atoms with van der Waals surface area (Å²) in [5.74, 6) is 1.68. The highest BCUT2D eigenvalue weighted by Gasteiger charge is 2.24. The molecule has 0 radical (unpaired) electrons. The number of fused-ring (bicyclic) bond motifs is 1. The Morgan fingerprint density at radius 2 is 2.17 bits per heavy atom. The Balaban J connectivity index is 1.62. The quantitative estimate of drug-likeness (QED) is 0.740. The van der Waals surface area contributed by atoms with Gasteiger partial charge in [0.2, 0.25) is 0 Å². The average molecular weight is 328 g/mol. The molecule has 0 amide bonds. The van der Waals surface area contributed by atoms with Gasteiger partial charge in [0.1, 0.15) is 29.6 Å². The maximum absolute atomic E-state index is 4.62. The fourth-order valence-electron chi connectivity index (χ4n) is 3.40. The maximum atomic E-state index is 4.62. The second-order valence-electron chi connectivity index (χ2n) is 6.23. The summed E-state index contributed by atoms with van der Waals surface area (Å²) in [6.45, 7) is 7.34. The van der Waals surface area contributed by atoms with Crippen LogP contribution < -0.4 is 4.90 Å². The van der Waals surface area contributed by atoms with Crippen LogP contribution in [-0.2, 0) is 6.54 Å². The van der Waals surface area contributed by atoms with Crippen LogP contribution in [0, 0.1) is 19.8 Å². The fraction of sp³-hybridized carbons (Fsp3) is 0.500. The first-order chi connectivity index (χ1) is 11.2. The zero-order valence-corrected chi connectivity index (χ0v) is 14.3. The molecule has 6 nitrogen and oxygen atoms in total. The lowest BCUT2D eigenvalue weighted by molar-refractivity contribution is 0.350. The largest absolute Gasteiger partial charge is 0.356 e. The van der Waals surface area contributed by atoms with Gasteiger partial charge in [-0.15, -0.1) is 11.3 Å². The lowest BCUT2D eigenvalue weighted by Gasteiger charge is -2.33. The van der Waals surface area contributed by atoms with Crippen molar-refractivity contribution in [1.29, 1.82) is 0 Å². The van der Waals surface area contributed by atoms with Crippen molar-refractivity contribution in [2.45, 2.75) is 33.2 Å². The van der Waals surface area contributed by atoms with E-state index in [0.717, 1.165) is 30.3 Å². The molecule has 0 N–H and O–H groups in total. The monoisotopic (exact) mass is 328 g/mol. The Hall–Kier alpha value is -2.02. The third-order valence-electron chi connectivity index (χ3n) is 4.68. The standard InChI is InChI=1S/C16H20N6S/c1-11-12(2)23-16-14(11)15(18-9-19-16)21-5-3-4-13(6-21)7-22-10-17-8-20-22/h8-10,13H,3-7H2,1-2H3/t13-/m0/s1. The smallest absolute Gasteiger partial charge is 0.141 e. The predicted octanol–water partition coefficient (Wildman–Crippen LogP) is 2.82. The fourth-order valence-corrected chi connectivity index (χ4v) is 4.39. The molecule has 4 rings (SSSR count). The van der Waals surface area contributed by atoms with Crippen LogP contribution in [0.3, 0.4) is 0 Å². The van der Waals surface area contributed by atoms with E-state index in [-0.39, 0.29) is 0 Å². The van der Waals surface area contributed by atoms with Crippen LogP contribution >= 0.6 is 11.3 Å². The first kappa shape index (κ1) is 14.6. The Bertz CT molecular complexity index is 809. The summed E-state index contributed by atoms with van der Waals surface area (Å²) in [5, 5.41) is 5.47. The molecule has 0 aromatic carbocycles. The molecule has 0 aliphatic carbocycles. The highest BCUT2D eigenvalue weighted by atomic mass is 32.1. The van der Waals surface area contributed by atoms with Gasteiger partial charge in [-0.25, -0.2) is 15.0 Å². The highest BCUT2D eigenvalue weighted by Crippen LogP contribution is 2.35. The molecule has 0 bridgehead atoms. The minimum absolute atomic E-state index is 0.579. The summed E-state index contributed by atoms with van der Waals surface area (Å²) in [5.41, 5.74) is 1.32. The molecule has 0 saturated carbocycles.